The van der Waals surface area contributed by atoms with Crippen LogP contribution in [0.25, 0.3) is 0 Å². The maximum Gasteiger partial charge on any atom is 0.242 e. The molecule has 0 atom stereocenters. The summed E-state index contributed by atoms with van der Waals surface area (Å²) in [5.41, 5.74) is 0. The largest absolute Gasteiger partial charge is 0.492 e. The van der Waals surface area contributed by atoms with Crippen molar-refractivity contribution in [3.8, 4) is 5.75 Å². The fourth-order valence-corrected chi connectivity index (χ4v) is 3.08. The number of pyridine rings is 1. The second kappa shape index (κ2) is 7.22. The molecule has 0 fully saturated rings. The highest BCUT2D eigenvalue weighted by Gasteiger charge is 2.15. The summed E-state index contributed by atoms with van der Waals surface area (Å²) in [4.78, 5) is 3.83. The zero-order valence-corrected chi connectivity index (χ0v) is 14.0. The van der Waals surface area contributed by atoms with Crippen molar-refractivity contribution in [2.24, 2.45) is 0 Å². The number of halogens is 2. The van der Waals surface area contributed by atoms with Gasteiger partial charge in [0.1, 0.15) is 22.4 Å². The summed E-state index contributed by atoms with van der Waals surface area (Å²) >= 11 is 8.87. The number of para-hydroxylation sites is 1. The van der Waals surface area contributed by atoms with Gasteiger partial charge in [-0.1, -0.05) is 29.8 Å². The molecule has 1 aromatic carbocycles. The van der Waals surface area contributed by atoms with E-state index >= 15 is 0 Å². The Morgan fingerprint density at radius 1 is 1.29 bits per heavy atom. The number of aromatic nitrogens is 1. The molecule has 1 N–H and O–H groups in total. The van der Waals surface area contributed by atoms with E-state index in [1.54, 1.807) is 12.1 Å². The number of ether oxygens (including phenoxy) is 1. The molecule has 0 aliphatic heterocycles. The fraction of sp³-hybridized carbons (Fsp3) is 0.154. The Morgan fingerprint density at radius 3 is 2.67 bits per heavy atom. The van der Waals surface area contributed by atoms with E-state index in [0.717, 1.165) is 0 Å². The van der Waals surface area contributed by atoms with Crippen LogP contribution in [0.1, 0.15) is 0 Å². The van der Waals surface area contributed by atoms with Crippen LogP contribution in [0.15, 0.2) is 52.0 Å². The average molecular weight is 392 g/mol. The summed E-state index contributed by atoms with van der Waals surface area (Å²) in [5.74, 6) is 0.688. The Hall–Kier alpha value is -1.15. The van der Waals surface area contributed by atoms with Gasteiger partial charge < -0.3 is 4.74 Å². The van der Waals surface area contributed by atoms with E-state index in [1.165, 1.54) is 12.3 Å². The number of nitrogens with one attached hydrogen (secondary N) is 1. The van der Waals surface area contributed by atoms with Crippen molar-refractivity contribution >= 4 is 37.6 Å². The van der Waals surface area contributed by atoms with Crippen LogP contribution in [0.2, 0.25) is 5.15 Å². The van der Waals surface area contributed by atoms with Gasteiger partial charge in [0, 0.05) is 12.7 Å². The van der Waals surface area contributed by atoms with Gasteiger partial charge in [0.2, 0.25) is 10.0 Å². The van der Waals surface area contributed by atoms with Crippen molar-refractivity contribution in [2.45, 2.75) is 4.90 Å². The number of nitrogens with zero attached hydrogens (tertiary/aromatic N) is 1. The van der Waals surface area contributed by atoms with Gasteiger partial charge in [-0.05, 0) is 34.1 Å². The molecule has 0 saturated heterocycles. The molecule has 21 heavy (non-hydrogen) atoms. The van der Waals surface area contributed by atoms with Crippen LogP contribution in [0.5, 0.6) is 5.75 Å². The van der Waals surface area contributed by atoms with Crippen LogP contribution in [-0.4, -0.2) is 26.6 Å². The number of rotatable bonds is 6. The first-order valence-corrected chi connectivity index (χ1v) is 8.63. The normalized spacial score (nSPS) is 11.3. The van der Waals surface area contributed by atoms with Gasteiger partial charge in [-0.25, -0.2) is 18.1 Å². The van der Waals surface area contributed by atoms with Crippen LogP contribution in [0, 0.1) is 0 Å². The van der Waals surface area contributed by atoms with Gasteiger partial charge >= 0.3 is 0 Å². The first-order valence-electron chi connectivity index (χ1n) is 5.97. The smallest absolute Gasteiger partial charge is 0.242 e. The Morgan fingerprint density at radius 2 is 2.00 bits per heavy atom. The van der Waals surface area contributed by atoms with Crippen molar-refractivity contribution in [2.75, 3.05) is 13.2 Å². The minimum absolute atomic E-state index is 0.0403. The molecule has 0 aliphatic rings. The monoisotopic (exact) mass is 390 g/mol. The van der Waals surface area contributed by atoms with Gasteiger partial charge in [-0.15, -0.1) is 0 Å². The van der Waals surface area contributed by atoms with Gasteiger partial charge in [0.05, 0.1) is 4.47 Å². The van der Waals surface area contributed by atoms with Crippen LogP contribution >= 0.6 is 27.5 Å². The van der Waals surface area contributed by atoms with Crippen molar-refractivity contribution < 1.29 is 13.2 Å². The lowest BCUT2D eigenvalue weighted by Gasteiger charge is -2.08. The molecule has 0 spiro atoms. The van der Waals surface area contributed by atoms with E-state index < -0.39 is 10.0 Å². The third kappa shape index (κ3) is 4.67. The van der Waals surface area contributed by atoms with E-state index in [-0.39, 0.29) is 23.2 Å². The molecule has 8 heteroatoms. The van der Waals surface area contributed by atoms with Crippen LogP contribution in [0.4, 0.5) is 0 Å². The van der Waals surface area contributed by atoms with Gasteiger partial charge in [0.25, 0.3) is 0 Å². The molecule has 0 amide bonds. The minimum atomic E-state index is -3.64. The highest BCUT2D eigenvalue weighted by Crippen LogP contribution is 2.22. The highest BCUT2D eigenvalue weighted by atomic mass is 79.9. The van der Waals surface area contributed by atoms with E-state index in [9.17, 15) is 8.42 Å². The predicted molar refractivity (Wildman–Crippen MR) is 84.1 cm³/mol. The number of sulfonamides is 1. The Balaban J connectivity index is 1.91. The summed E-state index contributed by atoms with van der Waals surface area (Å²) in [5, 5.41) is 0.210. The molecule has 112 valence electrons. The van der Waals surface area contributed by atoms with E-state index in [4.69, 9.17) is 16.3 Å². The zero-order chi connectivity index (χ0) is 15.3. The molecule has 5 nitrogen and oxygen atoms in total. The molecule has 0 radical (unpaired) electrons. The molecular weight excluding hydrogens is 380 g/mol. The van der Waals surface area contributed by atoms with Crippen LogP contribution in [-0.2, 0) is 10.0 Å². The topological polar surface area (TPSA) is 68.3 Å². The molecule has 0 saturated carbocycles. The second-order valence-electron chi connectivity index (χ2n) is 4.00. The quantitative estimate of drug-likeness (QED) is 0.607. The first kappa shape index (κ1) is 16.2. The SMILES string of the molecule is O=S(=O)(NCCOc1ccccc1)c1cnc(Cl)c(Br)c1. The molecule has 1 aromatic heterocycles. The lowest BCUT2D eigenvalue weighted by Crippen LogP contribution is -2.28. The Kier molecular flexibility index (Phi) is 5.58. The lowest BCUT2D eigenvalue weighted by atomic mass is 10.3. The third-order valence-electron chi connectivity index (χ3n) is 2.49. The van der Waals surface area contributed by atoms with Gasteiger partial charge in [-0.2, -0.15) is 0 Å². The first-order chi connectivity index (χ1) is 9.99. The Labute approximate surface area is 136 Å². The van der Waals surface area contributed by atoms with Gasteiger partial charge in [0.15, 0.2) is 0 Å². The average Bonchev–Trinajstić information content (AvgIpc) is 2.47. The van der Waals surface area contributed by atoms with Gasteiger partial charge in [-0.3, -0.25) is 0 Å². The van der Waals surface area contributed by atoms with E-state index in [0.29, 0.717) is 10.2 Å². The minimum Gasteiger partial charge on any atom is -0.492 e. The summed E-state index contributed by atoms with van der Waals surface area (Å²) < 4.78 is 32.3. The second-order valence-corrected chi connectivity index (χ2v) is 6.98. The number of benzene rings is 1. The fourth-order valence-electron chi connectivity index (χ4n) is 1.50. The molecule has 0 bridgehead atoms. The Bertz CT molecular complexity index is 711. The summed E-state index contributed by atoms with van der Waals surface area (Å²) in [7, 11) is -3.64. The van der Waals surface area contributed by atoms with E-state index in [2.05, 4.69) is 25.6 Å². The van der Waals surface area contributed by atoms with Crippen LogP contribution in [0.3, 0.4) is 0 Å². The van der Waals surface area contributed by atoms with Crippen LogP contribution < -0.4 is 9.46 Å². The third-order valence-corrected chi connectivity index (χ3v) is 5.05. The summed E-state index contributed by atoms with van der Waals surface area (Å²) in [6.45, 7) is 0.378. The summed E-state index contributed by atoms with van der Waals surface area (Å²) in [6, 6.07) is 10.6. The molecule has 1 heterocycles. The van der Waals surface area contributed by atoms with Crippen molar-refractivity contribution in [1.82, 2.24) is 9.71 Å². The number of hydrogen-bond acceptors (Lipinski definition) is 4. The lowest BCUT2D eigenvalue weighted by molar-refractivity contribution is 0.323. The predicted octanol–water partition coefficient (Wildman–Crippen LogP) is 2.85. The highest BCUT2D eigenvalue weighted by molar-refractivity contribution is 9.10. The summed E-state index contributed by atoms with van der Waals surface area (Å²) in [6.07, 6.45) is 1.20. The van der Waals surface area contributed by atoms with Crippen molar-refractivity contribution in [3.63, 3.8) is 0 Å². The van der Waals surface area contributed by atoms with Crippen molar-refractivity contribution in [3.05, 3.63) is 52.2 Å². The molecule has 0 unspecified atom stereocenters. The molecule has 2 rings (SSSR count). The van der Waals surface area contributed by atoms with Crippen molar-refractivity contribution in [1.29, 1.82) is 0 Å². The molecular formula is C13H12BrClN2O3S. The molecule has 2 aromatic rings. The zero-order valence-electron chi connectivity index (χ0n) is 10.8. The standard InChI is InChI=1S/C13H12BrClN2O3S/c14-12-8-11(9-16-13(12)15)21(18,19)17-6-7-20-10-4-2-1-3-5-10/h1-5,8-9,17H,6-7H2. The maximum atomic E-state index is 12.0. The maximum absolute atomic E-state index is 12.0. The van der Waals surface area contributed by atoms with E-state index in [1.807, 2.05) is 18.2 Å². The number of hydrogen-bond donors (Lipinski definition) is 1. The molecule has 0 aliphatic carbocycles.